The lowest BCUT2D eigenvalue weighted by Gasteiger charge is -2.06. The van der Waals surface area contributed by atoms with Crippen LogP contribution in [0.5, 0.6) is 0 Å². The van der Waals surface area contributed by atoms with Crippen molar-refractivity contribution in [1.82, 2.24) is 24.9 Å². The van der Waals surface area contributed by atoms with Gasteiger partial charge in [-0.2, -0.15) is 23.4 Å². The number of aryl methyl sites for hydroxylation is 2. The van der Waals surface area contributed by atoms with E-state index in [2.05, 4.69) is 22.4 Å². The molecule has 9 heteroatoms. The van der Waals surface area contributed by atoms with Crippen molar-refractivity contribution in [2.45, 2.75) is 39.2 Å². The zero-order valence-corrected chi connectivity index (χ0v) is 13.2. The highest BCUT2D eigenvalue weighted by Gasteiger charge is 2.36. The van der Waals surface area contributed by atoms with E-state index in [-0.39, 0.29) is 24.5 Å². The van der Waals surface area contributed by atoms with Crippen molar-refractivity contribution in [3.63, 3.8) is 0 Å². The highest BCUT2D eigenvalue weighted by Crippen LogP contribution is 2.30. The molecule has 0 fully saturated rings. The van der Waals surface area contributed by atoms with Crippen molar-refractivity contribution in [3.05, 3.63) is 35.4 Å². The van der Waals surface area contributed by atoms with Crippen LogP contribution in [0.25, 0.3) is 0 Å². The molecular formula is C13H19ClF3N5. The van der Waals surface area contributed by atoms with Crippen molar-refractivity contribution in [2.24, 2.45) is 7.05 Å². The normalized spacial score (nSPS) is 11.5. The van der Waals surface area contributed by atoms with Crippen LogP contribution in [0.15, 0.2) is 18.5 Å². The molecule has 0 atom stereocenters. The summed E-state index contributed by atoms with van der Waals surface area (Å²) in [5.41, 5.74) is 0.105. The zero-order chi connectivity index (χ0) is 15.5. The van der Waals surface area contributed by atoms with Gasteiger partial charge in [-0.05, 0) is 12.5 Å². The number of halogens is 4. The third-order valence-corrected chi connectivity index (χ3v) is 2.94. The molecule has 0 bridgehead atoms. The minimum absolute atomic E-state index is 0. The van der Waals surface area contributed by atoms with E-state index in [1.54, 1.807) is 0 Å². The Morgan fingerprint density at radius 2 is 1.95 bits per heavy atom. The topological polar surface area (TPSA) is 47.7 Å². The standard InChI is InChI=1S/C13H18F3N5.ClH/c1-3-5-21-6-4-11(18-21)8-17-7-10-9-20(2)19-12(10)13(14,15)16;/h4,6,9,17H,3,5,7-8H2,1-2H3;1H. The fraction of sp³-hybridized carbons (Fsp3) is 0.538. The predicted molar refractivity (Wildman–Crippen MR) is 78.5 cm³/mol. The minimum Gasteiger partial charge on any atom is -0.307 e. The number of hydrogen-bond donors (Lipinski definition) is 1. The molecule has 22 heavy (non-hydrogen) atoms. The molecule has 0 saturated carbocycles. The lowest BCUT2D eigenvalue weighted by Crippen LogP contribution is -2.17. The second-order valence-corrected chi connectivity index (χ2v) is 4.85. The molecule has 0 aliphatic carbocycles. The maximum atomic E-state index is 12.8. The number of rotatable bonds is 6. The number of aromatic nitrogens is 4. The van der Waals surface area contributed by atoms with Crippen molar-refractivity contribution in [3.8, 4) is 0 Å². The van der Waals surface area contributed by atoms with Gasteiger partial charge in [0.15, 0.2) is 5.69 Å². The molecule has 0 amide bonds. The number of hydrogen-bond acceptors (Lipinski definition) is 3. The van der Waals surface area contributed by atoms with E-state index in [4.69, 9.17) is 0 Å². The quantitative estimate of drug-likeness (QED) is 0.881. The Kier molecular flexibility index (Phi) is 6.43. The zero-order valence-electron chi connectivity index (χ0n) is 12.4. The summed E-state index contributed by atoms with van der Waals surface area (Å²) < 4.78 is 41.3. The first-order valence-corrected chi connectivity index (χ1v) is 6.73. The predicted octanol–water partition coefficient (Wildman–Crippen LogP) is 2.76. The van der Waals surface area contributed by atoms with Crippen molar-refractivity contribution in [2.75, 3.05) is 0 Å². The minimum atomic E-state index is -4.43. The molecule has 2 aromatic rings. The summed E-state index contributed by atoms with van der Waals surface area (Å²) in [4.78, 5) is 0. The molecule has 5 nitrogen and oxygen atoms in total. The van der Waals surface area contributed by atoms with Gasteiger partial charge in [0.1, 0.15) is 0 Å². The fourth-order valence-corrected chi connectivity index (χ4v) is 2.08. The maximum absolute atomic E-state index is 12.8. The van der Waals surface area contributed by atoms with Gasteiger partial charge in [-0.1, -0.05) is 6.92 Å². The van der Waals surface area contributed by atoms with Gasteiger partial charge in [-0.3, -0.25) is 9.36 Å². The van der Waals surface area contributed by atoms with E-state index >= 15 is 0 Å². The average molecular weight is 338 g/mol. The van der Waals surface area contributed by atoms with Crippen LogP contribution in [0.2, 0.25) is 0 Å². The molecule has 2 heterocycles. The summed E-state index contributed by atoms with van der Waals surface area (Å²) in [6.07, 6.45) is -0.197. The summed E-state index contributed by atoms with van der Waals surface area (Å²) >= 11 is 0. The second-order valence-electron chi connectivity index (χ2n) is 4.85. The van der Waals surface area contributed by atoms with Crippen LogP contribution in [0.3, 0.4) is 0 Å². The first-order valence-electron chi connectivity index (χ1n) is 6.73. The summed E-state index contributed by atoms with van der Waals surface area (Å²) in [7, 11) is 1.48. The van der Waals surface area contributed by atoms with Crippen molar-refractivity contribution in [1.29, 1.82) is 0 Å². The van der Waals surface area contributed by atoms with Crippen LogP contribution in [0.1, 0.15) is 30.3 Å². The van der Waals surface area contributed by atoms with Crippen LogP contribution in [0.4, 0.5) is 13.2 Å². The molecular weight excluding hydrogens is 319 g/mol. The Morgan fingerprint density at radius 3 is 2.59 bits per heavy atom. The lowest BCUT2D eigenvalue weighted by molar-refractivity contribution is -0.142. The van der Waals surface area contributed by atoms with Gasteiger partial charge in [0.2, 0.25) is 0 Å². The van der Waals surface area contributed by atoms with Crippen LogP contribution >= 0.6 is 12.4 Å². The van der Waals surface area contributed by atoms with Gasteiger partial charge >= 0.3 is 6.18 Å². The Labute approximate surface area is 132 Å². The molecule has 0 saturated heterocycles. The van der Waals surface area contributed by atoms with Gasteiger partial charge in [-0.25, -0.2) is 0 Å². The number of nitrogens with zero attached hydrogens (tertiary/aromatic N) is 4. The molecule has 1 N–H and O–H groups in total. The fourth-order valence-electron chi connectivity index (χ4n) is 2.08. The molecule has 2 aromatic heterocycles. The van der Waals surface area contributed by atoms with Crippen molar-refractivity contribution < 1.29 is 13.2 Å². The first-order chi connectivity index (χ1) is 9.90. The molecule has 0 unspecified atom stereocenters. The van der Waals surface area contributed by atoms with Crippen molar-refractivity contribution >= 4 is 12.4 Å². The number of nitrogens with one attached hydrogen (secondary N) is 1. The second kappa shape index (κ2) is 7.64. The summed E-state index contributed by atoms with van der Waals surface area (Å²) in [6, 6.07) is 1.86. The van der Waals surface area contributed by atoms with E-state index in [9.17, 15) is 13.2 Å². The molecule has 0 radical (unpaired) electrons. The van der Waals surface area contributed by atoms with E-state index in [1.165, 1.54) is 17.9 Å². The smallest absolute Gasteiger partial charge is 0.307 e. The molecule has 0 aliphatic heterocycles. The van der Waals surface area contributed by atoms with Crippen LogP contribution in [0, 0.1) is 0 Å². The van der Waals surface area contributed by atoms with Gasteiger partial charge in [0, 0.05) is 44.6 Å². The molecule has 0 aliphatic rings. The average Bonchev–Trinajstić information content (AvgIpc) is 2.96. The van der Waals surface area contributed by atoms with Gasteiger partial charge < -0.3 is 5.32 Å². The monoisotopic (exact) mass is 337 g/mol. The molecule has 124 valence electrons. The maximum Gasteiger partial charge on any atom is 0.435 e. The third-order valence-electron chi connectivity index (χ3n) is 2.94. The Hall–Kier alpha value is -1.54. The van der Waals surface area contributed by atoms with E-state index < -0.39 is 11.9 Å². The van der Waals surface area contributed by atoms with Gasteiger partial charge in [0.05, 0.1) is 5.69 Å². The highest BCUT2D eigenvalue weighted by molar-refractivity contribution is 5.85. The molecule has 0 spiro atoms. The lowest BCUT2D eigenvalue weighted by atomic mass is 10.2. The van der Waals surface area contributed by atoms with Crippen LogP contribution in [-0.2, 0) is 32.9 Å². The number of alkyl halides is 3. The van der Waals surface area contributed by atoms with Crippen LogP contribution in [-0.4, -0.2) is 19.6 Å². The van der Waals surface area contributed by atoms with Crippen LogP contribution < -0.4 is 5.32 Å². The SMILES string of the molecule is CCCn1ccc(CNCc2cn(C)nc2C(F)(F)F)n1.Cl. The van der Waals surface area contributed by atoms with E-state index in [1.807, 2.05) is 16.9 Å². The summed E-state index contributed by atoms with van der Waals surface area (Å²) in [6.45, 7) is 3.41. The summed E-state index contributed by atoms with van der Waals surface area (Å²) in [5, 5.41) is 10.8. The third kappa shape index (κ3) is 4.74. The first kappa shape index (κ1) is 18.5. The largest absolute Gasteiger partial charge is 0.435 e. The van der Waals surface area contributed by atoms with E-state index in [0.29, 0.717) is 6.54 Å². The Morgan fingerprint density at radius 1 is 1.23 bits per heavy atom. The Bertz CT molecular complexity index is 591. The summed E-state index contributed by atoms with van der Waals surface area (Å²) in [5.74, 6) is 0. The highest BCUT2D eigenvalue weighted by atomic mass is 35.5. The Balaban J connectivity index is 0.00000242. The molecule has 2 rings (SSSR count). The van der Waals surface area contributed by atoms with Gasteiger partial charge in [0.25, 0.3) is 0 Å². The van der Waals surface area contributed by atoms with E-state index in [0.717, 1.165) is 18.7 Å². The molecule has 0 aromatic carbocycles. The van der Waals surface area contributed by atoms with Gasteiger partial charge in [-0.15, -0.1) is 12.4 Å².